The van der Waals surface area contributed by atoms with Crippen molar-refractivity contribution in [3.8, 4) is 40.1 Å². The fourth-order valence-corrected chi connectivity index (χ4v) is 4.24. The normalized spacial score (nSPS) is 11.6. The van der Waals surface area contributed by atoms with E-state index in [1.807, 2.05) is 6.07 Å². The Labute approximate surface area is 187 Å². The van der Waals surface area contributed by atoms with Crippen molar-refractivity contribution in [3.05, 3.63) is 50.8 Å². The van der Waals surface area contributed by atoms with Crippen LogP contribution in [0.4, 0.5) is 0 Å². The first-order valence-electron chi connectivity index (χ1n) is 9.46. The Kier molecular flexibility index (Phi) is 5.87. The van der Waals surface area contributed by atoms with Crippen molar-refractivity contribution in [1.29, 1.82) is 0 Å². The number of aromatic nitrogens is 3. The van der Waals surface area contributed by atoms with Crippen LogP contribution in [0.2, 0.25) is 0 Å². The molecule has 0 aliphatic rings. The second-order valence-electron chi connectivity index (χ2n) is 6.58. The molecule has 0 amide bonds. The van der Waals surface area contributed by atoms with Gasteiger partial charge >= 0.3 is 0 Å². The summed E-state index contributed by atoms with van der Waals surface area (Å²) in [5.41, 5.74) is 1.12. The average Bonchev–Trinajstić information content (AvgIpc) is 3.38. The Hall–Kier alpha value is -3.79. The van der Waals surface area contributed by atoms with Gasteiger partial charge in [0.2, 0.25) is 10.7 Å². The van der Waals surface area contributed by atoms with E-state index in [2.05, 4.69) is 10.2 Å². The number of hydrogen-bond donors (Lipinski definition) is 0. The van der Waals surface area contributed by atoms with Gasteiger partial charge in [-0.05, 0) is 30.3 Å². The molecule has 0 N–H and O–H groups in total. The summed E-state index contributed by atoms with van der Waals surface area (Å²) < 4.78 is 28.8. The zero-order valence-electron chi connectivity index (χ0n) is 18.2. The quantitative estimate of drug-likeness (QED) is 0.420. The van der Waals surface area contributed by atoms with Gasteiger partial charge in [0.1, 0.15) is 11.5 Å². The lowest BCUT2D eigenvalue weighted by Gasteiger charge is -2.13. The topological polar surface area (TPSA) is 93.4 Å². The van der Waals surface area contributed by atoms with E-state index in [1.54, 1.807) is 44.6 Å². The van der Waals surface area contributed by atoms with Gasteiger partial charge in [0.05, 0.1) is 40.1 Å². The summed E-state index contributed by atoms with van der Waals surface area (Å²) in [5.74, 6) is 3.00. The van der Waals surface area contributed by atoms with Gasteiger partial charge in [-0.25, -0.2) is 4.40 Å². The van der Waals surface area contributed by atoms with Gasteiger partial charge in [-0.15, -0.1) is 10.2 Å². The van der Waals surface area contributed by atoms with Crippen molar-refractivity contribution in [1.82, 2.24) is 14.6 Å². The molecular formula is C22H21N3O6S. The number of methoxy groups -OCH3 is 5. The Morgan fingerprint density at radius 2 is 1.53 bits per heavy atom. The molecule has 166 valence electrons. The second kappa shape index (κ2) is 8.75. The lowest BCUT2D eigenvalue weighted by atomic mass is 10.1. The summed E-state index contributed by atoms with van der Waals surface area (Å²) in [6, 6.07) is 8.85. The van der Waals surface area contributed by atoms with Gasteiger partial charge in [-0.2, -0.15) is 0 Å². The summed E-state index contributed by atoms with van der Waals surface area (Å²) in [6.07, 6.45) is 1.76. The van der Waals surface area contributed by atoms with Crippen LogP contribution in [0.5, 0.6) is 28.7 Å². The molecule has 0 bridgehead atoms. The van der Waals surface area contributed by atoms with E-state index in [1.165, 1.54) is 37.1 Å². The molecule has 0 atom stereocenters. The van der Waals surface area contributed by atoms with Gasteiger partial charge in [-0.3, -0.25) is 4.79 Å². The van der Waals surface area contributed by atoms with E-state index < -0.39 is 0 Å². The lowest BCUT2D eigenvalue weighted by Crippen LogP contribution is -2.23. The van der Waals surface area contributed by atoms with Crippen LogP contribution in [-0.4, -0.2) is 50.1 Å². The third kappa shape index (κ3) is 3.58. The first kappa shape index (κ1) is 21.4. The Morgan fingerprint density at radius 3 is 2.12 bits per heavy atom. The molecule has 2 aromatic heterocycles. The highest BCUT2D eigenvalue weighted by Crippen LogP contribution is 2.40. The lowest BCUT2D eigenvalue weighted by molar-refractivity contribution is 0.324. The first-order chi connectivity index (χ1) is 15.5. The van der Waals surface area contributed by atoms with E-state index in [4.69, 9.17) is 23.7 Å². The summed E-state index contributed by atoms with van der Waals surface area (Å²) in [5, 5.41) is 8.40. The van der Waals surface area contributed by atoms with Gasteiger partial charge in [-0.1, -0.05) is 11.3 Å². The number of nitrogens with zero attached hydrogens (tertiary/aromatic N) is 3. The smallest absolute Gasteiger partial charge is 0.276 e. The molecule has 0 aliphatic carbocycles. The van der Waals surface area contributed by atoms with Crippen molar-refractivity contribution in [3.63, 3.8) is 0 Å². The molecule has 0 saturated carbocycles. The van der Waals surface area contributed by atoms with Crippen LogP contribution >= 0.6 is 11.3 Å². The van der Waals surface area contributed by atoms with Crippen LogP contribution < -0.4 is 33.8 Å². The maximum atomic E-state index is 13.3. The van der Waals surface area contributed by atoms with E-state index >= 15 is 0 Å². The van der Waals surface area contributed by atoms with Gasteiger partial charge in [0.15, 0.2) is 17.3 Å². The van der Waals surface area contributed by atoms with E-state index in [9.17, 15) is 4.79 Å². The third-order valence-electron chi connectivity index (χ3n) is 4.90. The monoisotopic (exact) mass is 455 g/mol. The van der Waals surface area contributed by atoms with Crippen LogP contribution in [0.15, 0.2) is 35.1 Å². The molecule has 0 spiro atoms. The minimum Gasteiger partial charge on any atom is -0.497 e. The predicted octanol–water partition coefficient (Wildman–Crippen LogP) is 2.41. The molecule has 2 heterocycles. The van der Waals surface area contributed by atoms with E-state index in [-0.39, 0.29) is 5.56 Å². The number of rotatable bonds is 7. The Balaban J connectivity index is 1.89. The minimum atomic E-state index is -0.239. The molecule has 2 aromatic carbocycles. The number of thiazole rings is 1. The Morgan fingerprint density at radius 1 is 0.844 bits per heavy atom. The first-order valence-corrected chi connectivity index (χ1v) is 10.3. The Bertz CT molecular complexity index is 1370. The highest BCUT2D eigenvalue weighted by Gasteiger charge is 2.19. The molecule has 0 radical (unpaired) electrons. The summed E-state index contributed by atoms with van der Waals surface area (Å²) >= 11 is 1.24. The van der Waals surface area contributed by atoms with E-state index in [0.29, 0.717) is 49.6 Å². The molecule has 0 fully saturated rings. The summed E-state index contributed by atoms with van der Waals surface area (Å²) in [6.45, 7) is 0. The maximum absolute atomic E-state index is 13.3. The number of benzene rings is 2. The number of ether oxygens (including phenoxy) is 5. The fraction of sp³-hybridized carbons (Fsp3) is 0.227. The predicted molar refractivity (Wildman–Crippen MR) is 121 cm³/mol. The number of fused-ring (bicyclic) bond motifs is 1. The van der Waals surface area contributed by atoms with Gasteiger partial charge in [0.25, 0.3) is 5.56 Å². The average molecular weight is 455 g/mol. The summed E-state index contributed by atoms with van der Waals surface area (Å²) in [7, 11) is 7.73. The largest absolute Gasteiger partial charge is 0.497 e. The fourth-order valence-electron chi connectivity index (χ4n) is 3.34. The van der Waals surface area contributed by atoms with Crippen LogP contribution in [0.25, 0.3) is 22.4 Å². The van der Waals surface area contributed by atoms with Crippen LogP contribution in [0.1, 0.15) is 5.56 Å². The zero-order chi connectivity index (χ0) is 22.8. The molecule has 32 heavy (non-hydrogen) atoms. The molecule has 0 saturated heterocycles. The highest BCUT2D eigenvalue weighted by atomic mass is 32.1. The molecule has 9 nitrogen and oxygen atoms in total. The molecule has 0 aliphatic heterocycles. The second-order valence-corrected chi connectivity index (χ2v) is 7.59. The maximum Gasteiger partial charge on any atom is 0.276 e. The van der Waals surface area contributed by atoms with Gasteiger partial charge < -0.3 is 23.7 Å². The molecule has 0 unspecified atom stereocenters. The third-order valence-corrected chi connectivity index (χ3v) is 5.86. The summed E-state index contributed by atoms with van der Waals surface area (Å²) in [4.78, 5) is 13.7. The van der Waals surface area contributed by atoms with Crippen molar-refractivity contribution in [2.24, 2.45) is 0 Å². The van der Waals surface area contributed by atoms with Crippen LogP contribution in [0, 0.1) is 0 Å². The van der Waals surface area contributed by atoms with Crippen LogP contribution in [-0.2, 0) is 0 Å². The van der Waals surface area contributed by atoms with Crippen LogP contribution in [0.3, 0.4) is 0 Å². The highest BCUT2D eigenvalue weighted by molar-refractivity contribution is 7.15. The molecule has 4 aromatic rings. The minimum absolute atomic E-state index is 0.239. The molecular weight excluding hydrogens is 434 g/mol. The SMILES string of the molecule is COc1ccc(/C=c2\sc3nnc(-c4cc(OC)c(OC)c(OC)c4)n3c2=O)c(OC)c1. The number of hydrogen-bond acceptors (Lipinski definition) is 9. The molecule has 10 heteroatoms. The van der Waals surface area contributed by atoms with E-state index in [0.717, 1.165) is 5.56 Å². The van der Waals surface area contributed by atoms with Crippen molar-refractivity contribution < 1.29 is 23.7 Å². The van der Waals surface area contributed by atoms with Crippen molar-refractivity contribution in [2.45, 2.75) is 0 Å². The van der Waals surface area contributed by atoms with Crippen molar-refractivity contribution >= 4 is 22.4 Å². The molecule has 4 rings (SSSR count). The standard InChI is InChI=1S/C22H21N3O6S/c1-27-14-7-6-12(15(11-14)28-2)10-18-21(26)25-20(23-24-22(25)32-18)13-8-16(29-3)19(31-5)17(9-13)30-4/h6-11H,1-5H3/b18-10-. The zero-order valence-corrected chi connectivity index (χ0v) is 19.0. The van der Waals surface area contributed by atoms with Crippen molar-refractivity contribution in [2.75, 3.05) is 35.5 Å². The van der Waals surface area contributed by atoms with Gasteiger partial charge in [0, 0.05) is 17.2 Å².